The van der Waals surface area contributed by atoms with Crippen molar-refractivity contribution >= 4 is 22.8 Å². The molecule has 2 N–H and O–H groups in total. The van der Waals surface area contributed by atoms with Gasteiger partial charge in [0.15, 0.2) is 5.82 Å². The van der Waals surface area contributed by atoms with Gasteiger partial charge in [-0.25, -0.2) is 15.0 Å². The Morgan fingerprint density at radius 1 is 1.03 bits per heavy atom. The molecule has 7 rings (SSSR count). The smallest absolute Gasteiger partial charge is 0.237 e. The predicted octanol–water partition coefficient (Wildman–Crippen LogP) is 1.98. The van der Waals surface area contributed by atoms with E-state index in [4.69, 9.17) is 4.98 Å². The van der Waals surface area contributed by atoms with E-state index in [9.17, 15) is 4.79 Å². The van der Waals surface area contributed by atoms with Crippen LogP contribution in [-0.4, -0.2) is 46.1 Å². The maximum atomic E-state index is 12.9. The second kappa shape index (κ2) is 6.03. The summed E-state index contributed by atoms with van der Waals surface area (Å²) in [6, 6.07) is 11.9. The zero-order chi connectivity index (χ0) is 21.3. The number of nitrogens with zero attached hydrogens (tertiary/aromatic N) is 7. The number of benzene rings is 1. The number of pyridine rings is 2. The summed E-state index contributed by atoms with van der Waals surface area (Å²) in [7, 11) is 0. The predicted molar refractivity (Wildman–Crippen MR) is 114 cm³/mol. The number of nitrogens with one attached hydrogen (secondary N) is 2. The molecule has 1 atom stereocenters. The van der Waals surface area contributed by atoms with E-state index in [0.717, 1.165) is 39.1 Å². The van der Waals surface area contributed by atoms with Crippen LogP contribution in [0.5, 0.6) is 0 Å². The maximum absolute atomic E-state index is 12.9. The molecule has 4 aromatic heterocycles. The Hall–Kier alpha value is -4.47. The number of carbonyl (C=O) groups excluding carboxylic acids is 1. The highest BCUT2D eigenvalue weighted by Gasteiger charge is 2.51. The molecular formula is C22H15N9O. The van der Waals surface area contributed by atoms with Gasteiger partial charge in [0.25, 0.3) is 0 Å². The fraction of sp³-hybridized carbons (Fsp3) is 0.136. The summed E-state index contributed by atoms with van der Waals surface area (Å²) < 4.78 is 1.50. The zero-order valence-corrected chi connectivity index (χ0v) is 16.6. The number of aromatic nitrogens is 8. The first kappa shape index (κ1) is 17.2. The van der Waals surface area contributed by atoms with Crippen molar-refractivity contribution in [1.29, 1.82) is 0 Å². The van der Waals surface area contributed by atoms with Gasteiger partial charge in [0.1, 0.15) is 18.0 Å². The summed E-state index contributed by atoms with van der Waals surface area (Å²) in [5.41, 5.74) is 5.37. The zero-order valence-electron chi connectivity index (χ0n) is 16.6. The van der Waals surface area contributed by atoms with Gasteiger partial charge in [-0.15, -0.1) is 5.10 Å². The van der Waals surface area contributed by atoms with Crippen LogP contribution < -0.4 is 5.32 Å². The fourth-order valence-corrected chi connectivity index (χ4v) is 4.87. The van der Waals surface area contributed by atoms with Crippen molar-refractivity contribution in [1.82, 2.24) is 40.1 Å². The van der Waals surface area contributed by atoms with Gasteiger partial charge in [0, 0.05) is 23.5 Å². The molecular weight excluding hydrogens is 406 g/mol. The molecule has 5 aromatic rings. The van der Waals surface area contributed by atoms with Gasteiger partial charge in [-0.3, -0.25) is 4.79 Å². The van der Waals surface area contributed by atoms with E-state index in [0.29, 0.717) is 24.5 Å². The number of rotatable bonds is 2. The number of anilines is 1. The molecule has 154 valence electrons. The summed E-state index contributed by atoms with van der Waals surface area (Å²) >= 11 is 0. The van der Waals surface area contributed by atoms with Crippen LogP contribution in [0, 0.1) is 0 Å². The summed E-state index contributed by atoms with van der Waals surface area (Å²) in [6.07, 6.45) is 6.20. The summed E-state index contributed by atoms with van der Waals surface area (Å²) in [5, 5.41) is 14.2. The summed E-state index contributed by atoms with van der Waals surface area (Å²) in [6.45, 7) is 0. The molecule has 1 aliphatic heterocycles. The average Bonchev–Trinajstić information content (AvgIpc) is 3.59. The van der Waals surface area contributed by atoms with E-state index < -0.39 is 5.41 Å². The molecule has 0 saturated carbocycles. The van der Waals surface area contributed by atoms with Crippen molar-refractivity contribution < 1.29 is 4.79 Å². The summed E-state index contributed by atoms with van der Waals surface area (Å²) in [5.74, 6) is 2.04. The Labute approximate surface area is 180 Å². The van der Waals surface area contributed by atoms with E-state index in [2.05, 4.69) is 47.9 Å². The van der Waals surface area contributed by atoms with Crippen molar-refractivity contribution in [2.75, 3.05) is 5.32 Å². The molecule has 32 heavy (non-hydrogen) atoms. The first-order chi connectivity index (χ1) is 15.7. The Morgan fingerprint density at radius 3 is 2.81 bits per heavy atom. The first-order valence-electron chi connectivity index (χ1n) is 10.2. The van der Waals surface area contributed by atoms with Crippen LogP contribution >= 0.6 is 0 Å². The highest BCUT2D eigenvalue weighted by atomic mass is 16.2. The van der Waals surface area contributed by atoms with Crippen LogP contribution in [-0.2, 0) is 23.1 Å². The molecule has 10 nitrogen and oxygen atoms in total. The lowest BCUT2D eigenvalue weighted by atomic mass is 9.79. The third-order valence-corrected chi connectivity index (χ3v) is 6.38. The van der Waals surface area contributed by atoms with Gasteiger partial charge in [-0.2, -0.15) is 4.68 Å². The van der Waals surface area contributed by atoms with Gasteiger partial charge < -0.3 is 10.3 Å². The van der Waals surface area contributed by atoms with Gasteiger partial charge in [0.2, 0.25) is 5.91 Å². The highest BCUT2D eigenvalue weighted by Crippen LogP contribution is 2.47. The van der Waals surface area contributed by atoms with Crippen LogP contribution in [0.1, 0.15) is 16.7 Å². The number of carbonyl (C=O) groups is 1. The largest absolute Gasteiger partial charge is 0.338 e. The van der Waals surface area contributed by atoms with Crippen molar-refractivity contribution in [3.05, 3.63) is 71.8 Å². The summed E-state index contributed by atoms with van der Waals surface area (Å²) in [4.78, 5) is 29.8. The molecule has 5 heterocycles. The quantitative estimate of drug-likeness (QED) is 0.446. The first-order valence-corrected chi connectivity index (χ1v) is 10.2. The fourth-order valence-electron chi connectivity index (χ4n) is 4.87. The molecule has 0 radical (unpaired) electrons. The number of fused-ring (bicyclic) bond motifs is 4. The van der Waals surface area contributed by atoms with E-state index in [1.165, 1.54) is 11.0 Å². The van der Waals surface area contributed by atoms with E-state index in [1.54, 1.807) is 12.4 Å². The Balaban J connectivity index is 1.28. The van der Waals surface area contributed by atoms with E-state index >= 15 is 0 Å². The Bertz CT molecular complexity index is 1490. The number of aromatic amines is 1. The SMILES string of the molecule is O=C1Nc2ncccc2C12Cc1cc3nc(-c4ccnc(-n5cnnn5)c4)[nH]c3cc1C2. The number of hydrogen-bond donors (Lipinski definition) is 2. The third kappa shape index (κ3) is 2.31. The van der Waals surface area contributed by atoms with Gasteiger partial charge in [0.05, 0.1) is 16.4 Å². The highest BCUT2D eigenvalue weighted by molar-refractivity contribution is 6.06. The van der Waals surface area contributed by atoms with Gasteiger partial charge in [-0.1, -0.05) is 6.07 Å². The molecule has 1 aliphatic carbocycles. The minimum absolute atomic E-state index is 0.0200. The molecule has 2 aliphatic rings. The van der Waals surface area contributed by atoms with Crippen LogP contribution in [0.15, 0.2) is 55.1 Å². The second-order valence-corrected chi connectivity index (χ2v) is 8.17. The van der Waals surface area contributed by atoms with Crippen molar-refractivity contribution in [2.24, 2.45) is 0 Å². The number of imidazole rings is 1. The van der Waals surface area contributed by atoms with Crippen LogP contribution in [0.3, 0.4) is 0 Å². The molecule has 1 aromatic carbocycles. The van der Waals surface area contributed by atoms with E-state index in [1.807, 2.05) is 24.3 Å². The lowest BCUT2D eigenvalue weighted by Crippen LogP contribution is -2.35. The van der Waals surface area contributed by atoms with Crippen molar-refractivity contribution in [3.63, 3.8) is 0 Å². The number of amides is 1. The second-order valence-electron chi connectivity index (χ2n) is 8.17. The molecule has 0 saturated heterocycles. The minimum atomic E-state index is -0.584. The number of hydrogen-bond acceptors (Lipinski definition) is 7. The third-order valence-electron chi connectivity index (χ3n) is 6.38. The molecule has 1 spiro atoms. The van der Waals surface area contributed by atoms with E-state index in [-0.39, 0.29) is 5.91 Å². The standard InChI is InChI=1S/C22H15N9O/c32-21-22(15-2-1-4-24-20(15)28-21)9-13-6-16-17(7-14(13)10-22)27-19(26-16)12-3-5-23-18(8-12)31-11-25-29-30-31/h1-8,11H,9-10H2,(H,26,27)(H,24,28,32). The number of H-pyrrole nitrogens is 1. The Morgan fingerprint density at radius 2 is 1.94 bits per heavy atom. The number of tetrazole rings is 1. The lowest BCUT2D eigenvalue weighted by Gasteiger charge is -2.20. The normalized spacial score (nSPS) is 15.8. The topological polar surface area (TPSA) is 127 Å². The van der Waals surface area contributed by atoms with Crippen LogP contribution in [0.25, 0.3) is 28.2 Å². The van der Waals surface area contributed by atoms with Crippen LogP contribution in [0.2, 0.25) is 0 Å². The van der Waals surface area contributed by atoms with Gasteiger partial charge >= 0.3 is 0 Å². The van der Waals surface area contributed by atoms with Crippen molar-refractivity contribution in [3.8, 4) is 17.2 Å². The average molecular weight is 421 g/mol. The molecule has 10 heteroatoms. The molecule has 0 bridgehead atoms. The molecule has 0 fully saturated rings. The van der Waals surface area contributed by atoms with Gasteiger partial charge in [-0.05, 0) is 64.7 Å². The van der Waals surface area contributed by atoms with Crippen molar-refractivity contribution in [2.45, 2.75) is 18.3 Å². The minimum Gasteiger partial charge on any atom is -0.338 e. The maximum Gasteiger partial charge on any atom is 0.237 e. The Kier molecular flexibility index (Phi) is 3.25. The molecule has 1 amide bonds. The monoisotopic (exact) mass is 421 g/mol. The van der Waals surface area contributed by atoms with Crippen LogP contribution in [0.4, 0.5) is 5.82 Å². The lowest BCUT2D eigenvalue weighted by molar-refractivity contribution is -0.120. The molecule has 1 unspecified atom stereocenters.